The summed E-state index contributed by atoms with van der Waals surface area (Å²) in [6.07, 6.45) is 0.326. The Bertz CT molecular complexity index is 966. The number of rotatable bonds is 3. The lowest BCUT2D eigenvalue weighted by atomic mass is 10.1. The van der Waals surface area contributed by atoms with Gasteiger partial charge in [-0.1, -0.05) is 30.3 Å². The maximum absolute atomic E-state index is 12.3. The lowest BCUT2D eigenvalue weighted by molar-refractivity contribution is 0.102. The second-order valence-corrected chi connectivity index (χ2v) is 5.09. The Morgan fingerprint density at radius 3 is 2.61 bits per heavy atom. The van der Waals surface area contributed by atoms with Gasteiger partial charge in [0, 0.05) is 11.1 Å². The molecule has 2 N–H and O–H groups in total. The van der Waals surface area contributed by atoms with Crippen molar-refractivity contribution >= 4 is 22.4 Å². The van der Waals surface area contributed by atoms with E-state index in [1.165, 1.54) is 0 Å². The Morgan fingerprint density at radius 1 is 1.13 bits per heavy atom. The molecule has 2 aromatic carbocycles. The number of carbonyl (C=O) groups excluding carboxylic acids is 1. The van der Waals surface area contributed by atoms with E-state index in [4.69, 9.17) is 5.26 Å². The standard InChI is InChI=1S/C18H13N3O2/c19-10-9-12-5-7-14(8-6-12)20-18(23)16-11-13-3-1-2-4-15(13)17(22)21-16/h1-8,11H,9H2,(H,20,23)(H,21,22). The zero-order chi connectivity index (χ0) is 16.2. The molecule has 0 spiro atoms. The number of benzene rings is 2. The van der Waals surface area contributed by atoms with Crippen LogP contribution in [0.15, 0.2) is 59.4 Å². The molecule has 0 fully saturated rings. The maximum Gasteiger partial charge on any atom is 0.272 e. The van der Waals surface area contributed by atoms with Crippen LogP contribution in [0.25, 0.3) is 10.8 Å². The van der Waals surface area contributed by atoms with Crippen molar-refractivity contribution in [1.29, 1.82) is 5.26 Å². The number of hydrogen-bond acceptors (Lipinski definition) is 3. The van der Waals surface area contributed by atoms with Crippen molar-refractivity contribution < 1.29 is 4.79 Å². The van der Waals surface area contributed by atoms with E-state index in [0.29, 0.717) is 22.9 Å². The van der Waals surface area contributed by atoms with E-state index in [1.807, 2.05) is 6.07 Å². The van der Waals surface area contributed by atoms with Gasteiger partial charge in [-0.25, -0.2) is 0 Å². The van der Waals surface area contributed by atoms with Crippen LogP contribution in [0.4, 0.5) is 5.69 Å². The van der Waals surface area contributed by atoms with Gasteiger partial charge >= 0.3 is 0 Å². The largest absolute Gasteiger partial charge is 0.321 e. The molecule has 0 aliphatic rings. The number of nitrogens with zero attached hydrogens (tertiary/aromatic N) is 1. The number of carbonyl (C=O) groups is 1. The molecule has 1 aromatic heterocycles. The fourth-order valence-corrected chi connectivity index (χ4v) is 2.33. The number of aromatic nitrogens is 1. The van der Waals surface area contributed by atoms with Crippen LogP contribution >= 0.6 is 0 Å². The first-order valence-electron chi connectivity index (χ1n) is 7.07. The minimum atomic E-state index is -0.388. The molecule has 0 saturated heterocycles. The molecule has 3 aromatic rings. The summed E-state index contributed by atoms with van der Waals surface area (Å²) in [6, 6.07) is 17.8. The fourth-order valence-electron chi connectivity index (χ4n) is 2.33. The number of nitriles is 1. The highest BCUT2D eigenvalue weighted by Crippen LogP contribution is 2.13. The first-order chi connectivity index (χ1) is 11.2. The molecule has 1 amide bonds. The van der Waals surface area contributed by atoms with Crippen molar-refractivity contribution in [2.24, 2.45) is 0 Å². The summed E-state index contributed by atoms with van der Waals surface area (Å²) in [5, 5.41) is 12.6. The van der Waals surface area contributed by atoms with Gasteiger partial charge in [-0.3, -0.25) is 9.59 Å². The number of H-pyrrole nitrogens is 1. The van der Waals surface area contributed by atoms with Crippen molar-refractivity contribution in [3.63, 3.8) is 0 Å². The smallest absolute Gasteiger partial charge is 0.272 e. The second-order valence-electron chi connectivity index (χ2n) is 5.09. The van der Waals surface area contributed by atoms with Gasteiger partial charge in [0.1, 0.15) is 5.69 Å². The first-order valence-corrected chi connectivity index (χ1v) is 7.07. The summed E-state index contributed by atoms with van der Waals surface area (Å²) in [4.78, 5) is 26.9. The maximum atomic E-state index is 12.3. The van der Waals surface area contributed by atoms with E-state index in [0.717, 1.165) is 5.56 Å². The number of anilines is 1. The molecule has 0 saturated carbocycles. The number of fused-ring (bicyclic) bond motifs is 1. The highest BCUT2D eigenvalue weighted by Gasteiger charge is 2.09. The van der Waals surface area contributed by atoms with Crippen molar-refractivity contribution in [2.45, 2.75) is 6.42 Å². The Morgan fingerprint density at radius 2 is 1.87 bits per heavy atom. The third-order valence-electron chi connectivity index (χ3n) is 3.49. The van der Waals surface area contributed by atoms with E-state index in [9.17, 15) is 9.59 Å². The van der Waals surface area contributed by atoms with Crippen LogP contribution in [0.3, 0.4) is 0 Å². The van der Waals surface area contributed by atoms with E-state index < -0.39 is 0 Å². The lowest BCUT2D eigenvalue weighted by Crippen LogP contribution is -2.18. The average Bonchev–Trinajstić information content (AvgIpc) is 2.57. The van der Waals surface area contributed by atoms with Crippen molar-refractivity contribution in [3.05, 3.63) is 76.2 Å². The van der Waals surface area contributed by atoms with Crippen LogP contribution in [0, 0.1) is 11.3 Å². The van der Waals surface area contributed by atoms with Crippen LogP contribution in [0.1, 0.15) is 16.1 Å². The number of pyridine rings is 1. The van der Waals surface area contributed by atoms with Crippen LogP contribution in [0.2, 0.25) is 0 Å². The third kappa shape index (κ3) is 3.11. The molecule has 5 heteroatoms. The van der Waals surface area contributed by atoms with Gasteiger partial charge in [-0.05, 0) is 35.2 Å². The Kier molecular flexibility index (Phi) is 3.89. The van der Waals surface area contributed by atoms with E-state index in [2.05, 4.69) is 16.4 Å². The highest BCUT2D eigenvalue weighted by atomic mass is 16.2. The molecular weight excluding hydrogens is 290 g/mol. The molecule has 1 heterocycles. The molecule has 112 valence electrons. The topological polar surface area (TPSA) is 85.8 Å². The van der Waals surface area contributed by atoms with Crippen LogP contribution in [0.5, 0.6) is 0 Å². The van der Waals surface area contributed by atoms with Crippen molar-refractivity contribution in [3.8, 4) is 6.07 Å². The van der Waals surface area contributed by atoms with E-state index >= 15 is 0 Å². The minimum absolute atomic E-state index is 0.204. The summed E-state index contributed by atoms with van der Waals surface area (Å²) in [5.74, 6) is -0.388. The van der Waals surface area contributed by atoms with Crippen LogP contribution < -0.4 is 10.9 Å². The van der Waals surface area contributed by atoms with E-state index in [-0.39, 0.29) is 17.2 Å². The molecule has 0 aliphatic heterocycles. The molecule has 0 atom stereocenters. The minimum Gasteiger partial charge on any atom is -0.321 e. The van der Waals surface area contributed by atoms with Gasteiger partial charge in [0.05, 0.1) is 12.5 Å². The highest BCUT2D eigenvalue weighted by molar-refractivity contribution is 6.04. The quantitative estimate of drug-likeness (QED) is 0.780. The summed E-state index contributed by atoms with van der Waals surface area (Å²) in [7, 11) is 0. The molecule has 0 aliphatic carbocycles. The number of nitrogens with one attached hydrogen (secondary N) is 2. The summed E-state index contributed by atoms with van der Waals surface area (Å²) < 4.78 is 0. The zero-order valence-corrected chi connectivity index (χ0v) is 12.2. The van der Waals surface area contributed by atoms with Crippen molar-refractivity contribution in [2.75, 3.05) is 5.32 Å². The van der Waals surface area contributed by atoms with Gasteiger partial charge in [-0.2, -0.15) is 5.26 Å². The number of aromatic amines is 1. The van der Waals surface area contributed by atoms with Gasteiger partial charge in [-0.15, -0.1) is 0 Å². The number of hydrogen-bond donors (Lipinski definition) is 2. The second kappa shape index (κ2) is 6.16. The molecule has 0 bridgehead atoms. The summed E-state index contributed by atoms with van der Waals surface area (Å²) >= 11 is 0. The molecule has 23 heavy (non-hydrogen) atoms. The molecule has 3 rings (SSSR count). The van der Waals surface area contributed by atoms with E-state index in [1.54, 1.807) is 48.5 Å². The molecular formula is C18H13N3O2. The predicted molar refractivity (Wildman–Crippen MR) is 88.3 cm³/mol. The van der Waals surface area contributed by atoms with Crippen LogP contribution in [-0.4, -0.2) is 10.9 Å². The van der Waals surface area contributed by atoms with Crippen LogP contribution in [-0.2, 0) is 6.42 Å². The number of amides is 1. The summed E-state index contributed by atoms with van der Waals surface area (Å²) in [6.45, 7) is 0. The lowest BCUT2D eigenvalue weighted by Gasteiger charge is -2.07. The third-order valence-corrected chi connectivity index (χ3v) is 3.49. The fraction of sp³-hybridized carbons (Fsp3) is 0.0556. The van der Waals surface area contributed by atoms with Gasteiger partial charge < -0.3 is 10.3 Å². The summed E-state index contributed by atoms with van der Waals surface area (Å²) in [5.41, 5.74) is 1.39. The molecule has 5 nitrogen and oxygen atoms in total. The monoisotopic (exact) mass is 303 g/mol. The first kappa shape index (κ1) is 14.5. The average molecular weight is 303 g/mol. The van der Waals surface area contributed by atoms with Gasteiger partial charge in [0.2, 0.25) is 0 Å². The Hall–Kier alpha value is -3.39. The van der Waals surface area contributed by atoms with Gasteiger partial charge in [0.25, 0.3) is 11.5 Å². The Labute approximate surface area is 132 Å². The normalized spacial score (nSPS) is 10.2. The predicted octanol–water partition coefficient (Wildman–Crippen LogP) is 2.85. The SMILES string of the molecule is N#CCc1ccc(NC(=O)c2cc3ccccc3c(=O)[nH]2)cc1. The molecule has 0 unspecified atom stereocenters. The van der Waals surface area contributed by atoms with Crippen molar-refractivity contribution in [1.82, 2.24) is 4.98 Å². The zero-order valence-electron chi connectivity index (χ0n) is 12.2. The van der Waals surface area contributed by atoms with Gasteiger partial charge in [0.15, 0.2) is 0 Å². The Balaban J connectivity index is 1.86. The molecule has 0 radical (unpaired) electrons.